The first-order chi connectivity index (χ1) is 19.7. The summed E-state index contributed by atoms with van der Waals surface area (Å²) in [6, 6.07) is 6.10. The summed E-state index contributed by atoms with van der Waals surface area (Å²) in [5.74, 6) is -3.68. The monoisotopic (exact) mass is 586 g/mol. The van der Waals surface area contributed by atoms with E-state index in [0.29, 0.717) is 11.5 Å². The molecule has 1 fully saturated rings. The smallest absolute Gasteiger partial charge is 0.194 e. The van der Waals surface area contributed by atoms with E-state index in [1.165, 1.54) is 21.8 Å². The molecule has 3 N–H and O–H groups in total. The molecule has 6 rings (SSSR count). The van der Waals surface area contributed by atoms with E-state index in [4.69, 9.17) is 4.74 Å². The number of ether oxygens (including phenoxy) is 1. The second-order valence-electron chi connectivity index (χ2n) is 9.75. The van der Waals surface area contributed by atoms with Gasteiger partial charge in [0.25, 0.3) is 0 Å². The van der Waals surface area contributed by atoms with Crippen LogP contribution in [0.15, 0.2) is 42.7 Å². The van der Waals surface area contributed by atoms with E-state index < -0.39 is 54.5 Å². The molecule has 14 heteroatoms. The highest BCUT2D eigenvalue weighted by Crippen LogP contribution is 2.39. The van der Waals surface area contributed by atoms with Crippen molar-refractivity contribution in [3.8, 4) is 16.8 Å². The highest BCUT2D eigenvalue weighted by atomic mass is 32.1. The van der Waals surface area contributed by atoms with Crippen molar-refractivity contribution in [3.05, 3.63) is 76.8 Å². The van der Waals surface area contributed by atoms with E-state index in [9.17, 15) is 28.5 Å². The maximum atomic E-state index is 13.8. The minimum atomic E-state index is -1.59. The van der Waals surface area contributed by atoms with Crippen molar-refractivity contribution in [2.45, 2.75) is 50.7 Å². The number of fused-ring (bicyclic) bond motifs is 1. The number of thiazole rings is 1. The first kappa shape index (κ1) is 27.5. The Kier molecular flexibility index (Phi) is 7.11. The molecule has 0 radical (unpaired) electrons. The van der Waals surface area contributed by atoms with Crippen LogP contribution in [0.5, 0.6) is 0 Å². The molecular formula is C27H25F3N6O4S. The van der Waals surface area contributed by atoms with Crippen LogP contribution in [0, 0.1) is 24.4 Å². The Balaban J connectivity index is 1.38. The summed E-state index contributed by atoms with van der Waals surface area (Å²) in [7, 11) is 0. The van der Waals surface area contributed by atoms with Gasteiger partial charge in [0.1, 0.15) is 36.3 Å². The molecule has 2 aromatic carbocycles. The van der Waals surface area contributed by atoms with Crippen molar-refractivity contribution < 1.29 is 33.2 Å². The second-order valence-corrected chi connectivity index (χ2v) is 10.9. The summed E-state index contributed by atoms with van der Waals surface area (Å²) in [6.07, 6.45) is -1.72. The summed E-state index contributed by atoms with van der Waals surface area (Å²) in [4.78, 5) is 9.10. The SMILES string of the molecule is CCc1nc2ccc(-n3nc(C)nc3[C@@H]3OC(CO)[C@H](O)C(n4cc(-c5cc(F)c(F)c(F)c5)cn4)[C@@H]3O)cc2s1. The Labute approximate surface area is 235 Å². The van der Waals surface area contributed by atoms with Crippen LogP contribution in [0.2, 0.25) is 0 Å². The molecule has 41 heavy (non-hydrogen) atoms. The van der Waals surface area contributed by atoms with Gasteiger partial charge in [-0.05, 0) is 49.2 Å². The van der Waals surface area contributed by atoms with Crippen molar-refractivity contribution in [1.29, 1.82) is 0 Å². The van der Waals surface area contributed by atoms with Crippen molar-refractivity contribution in [2.24, 2.45) is 0 Å². The maximum Gasteiger partial charge on any atom is 0.194 e. The largest absolute Gasteiger partial charge is 0.394 e. The van der Waals surface area contributed by atoms with Gasteiger partial charge in [0.15, 0.2) is 23.3 Å². The standard InChI is InChI=1S/C27H25F3N6O4S/c1-3-21-33-18-5-4-15(8-20(18)41-21)36-27(32-12(2)34-36)26-25(39)23(24(38)19(11-37)40-26)35-10-14(9-31-35)13-6-16(28)22(30)17(29)7-13/h4-10,19,23-26,37-39H,3,11H2,1-2H3/t19?,23?,24-,25-,26+/m0/s1. The number of hydrogen-bond donors (Lipinski definition) is 3. The fraction of sp³-hybridized carbons (Fsp3) is 0.333. The molecule has 5 atom stereocenters. The van der Waals surface area contributed by atoms with Crippen LogP contribution in [-0.4, -0.2) is 69.8 Å². The number of benzene rings is 2. The highest BCUT2D eigenvalue weighted by molar-refractivity contribution is 7.18. The number of nitrogens with zero attached hydrogens (tertiary/aromatic N) is 6. The van der Waals surface area contributed by atoms with Gasteiger partial charge in [0.05, 0.1) is 33.7 Å². The van der Waals surface area contributed by atoms with Crippen LogP contribution in [0.4, 0.5) is 13.2 Å². The van der Waals surface area contributed by atoms with Crippen LogP contribution in [0.3, 0.4) is 0 Å². The van der Waals surface area contributed by atoms with Gasteiger partial charge in [-0.1, -0.05) is 6.92 Å². The fourth-order valence-electron chi connectivity index (χ4n) is 5.05. The first-order valence-electron chi connectivity index (χ1n) is 12.8. The zero-order chi connectivity index (χ0) is 29.0. The third kappa shape index (κ3) is 4.81. The van der Waals surface area contributed by atoms with Crippen molar-refractivity contribution in [1.82, 2.24) is 29.5 Å². The number of rotatable bonds is 6. The molecule has 0 amide bonds. The molecule has 10 nitrogen and oxygen atoms in total. The molecule has 0 saturated carbocycles. The Morgan fingerprint density at radius 3 is 2.49 bits per heavy atom. The Morgan fingerprint density at radius 1 is 1.02 bits per heavy atom. The Morgan fingerprint density at radius 2 is 1.78 bits per heavy atom. The average molecular weight is 587 g/mol. The Bertz CT molecular complexity index is 1720. The minimum absolute atomic E-state index is 0.0130. The molecule has 5 aromatic rings. The average Bonchev–Trinajstić information content (AvgIpc) is 3.69. The van der Waals surface area contributed by atoms with Gasteiger partial charge in [0.2, 0.25) is 0 Å². The summed E-state index contributed by atoms with van der Waals surface area (Å²) >= 11 is 1.56. The molecule has 1 aliphatic rings. The van der Waals surface area contributed by atoms with Crippen LogP contribution < -0.4 is 0 Å². The third-order valence-corrected chi connectivity index (χ3v) is 8.23. The summed E-state index contributed by atoms with van der Waals surface area (Å²) in [6.45, 7) is 3.13. The van der Waals surface area contributed by atoms with Gasteiger partial charge in [-0.25, -0.2) is 27.8 Å². The first-order valence-corrected chi connectivity index (χ1v) is 13.6. The molecule has 0 aliphatic carbocycles. The maximum absolute atomic E-state index is 13.8. The summed E-state index contributed by atoms with van der Waals surface area (Å²) < 4.78 is 50.8. The fourth-order valence-corrected chi connectivity index (χ4v) is 5.99. The molecule has 2 unspecified atom stereocenters. The zero-order valence-electron chi connectivity index (χ0n) is 21.8. The molecule has 4 heterocycles. The third-order valence-electron chi connectivity index (χ3n) is 7.07. The van der Waals surface area contributed by atoms with Crippen LogP contribution >= 0.6 is 11.3 Å². The highest BCUT2D eigenvalue weighted by Gasteiger charge is 2.48. The Hall–Kier alpha value is -3.69. The van der Waals surface area contributed by atoms with E-state index in [-0.39, 0.29) is 17.0 Å². The van der Waals surface area contributed by atoms with Gasteiger partial charge in [-0.2, -0.15) is 10.2 Å². The van der Waals surface area contributed by atoms with E-state index in [1.807, 2.05) is 25.1 Å². The lowest BCUT2D eigenvalue weighted by Gasteiger charge is -2.41. The minimum Gasteiger partial charge on any atom is -0.394 e. The summed E-state index contributed by atoms with van der Waals surface area (Å²) in [5.41, 5.74) is 1.73. The van der Waals surface area contributed by atoms with Crippen molar-refractivity contribution in [2.75, 3.05) is 6.61 Å². The van der Waals surface area contributed by atoms with Gasteiger partial charge >= 0.3 is 0 Å². The lowest BCUT2D eigenvalue weighted by molar-refractivity contribution is -0.210. The van der Waals surface area contributed by atoms with Gasteiger partial charge < -0.3 is 20.1 Å². The van der Waals surface area contributed by atoms with Crippen LogP contribution in [-0.2, 0) is 11.2 Å². The second kappa shape index (κ2) is 10.6. The number of hydrogen-bond acceptors (Lipinski definition) is 9. The molecule has 0 spiro atoms. The lowest BCUT2D eigenvalue weighted by Crippen LogP contribution is -2.53. The zero-order valence-corrected chi connectivity index (χ0v) is 22.6. The number of aliphatic hydroxyl groups excluding tert-OH is 3. The van der Waals surface area contributed by atoms with E-state index >= 15 is 0 Å². The molecule has 1 saturated heterocycles. The van der Waals surface area contributed by atoms with E-state index in [0.717, 1.165) is 33.8 Å². The molecule has 0 bridgehead atoms. The molecule has 214 valence electrons. The van der Waals surface area contributed by atoms with Gasteiger partial charge in [0, 0.05) is 11.8 Å². The van der Waals surface area contributed by atoms with E-state index in [2.05, 4.69) is 20.2 Å². The topological polar surface area (TPSA) is 131 Å². The number of halogens is 3. The van der Waals surface area contributed by atoms with E-state index in [1.54, 1.807) is 18.3 Å². The predicted octanol–water partition coefficient (Wildman–Crippen LogP) is 3.42. The number of aryl methyl sites for hydroxylation is 2. The van der Waals surface area contributed by atoms with Gasteiger partial charge in [-0.15, -0.1) is 11.3 Å². The summed E-state index contributed by atoms with van der Waals surface area (Å²) in [5, 5.41) is 42.3. The van der Waals surface area contributed by atoms with Crippen LogP contribution in [0.1, 0.15) is 35.7 Å². The van der Waals surface area contributed by atoms with Gasteiger partial charge in [-0.3, -0.25) is 4.68 Å². The van der Waals surface area contributed by atoms with Crippen molar-refractivity contribution in [3.63, 3.8) is 0 Å². The lowest BCUT2D eigenvalue weighted by atomic mass is 9.92. The molecule has 1 aliphatic heterocycles. The van der Waals surface area contributed by atoms with Crippen LogP contribution in [0.25, 0.3) is 27.0 Å². The number of aliphatic hydroxyl groups is 3. The quantitative estimate of drug-likeness (QED) is 0.258. The number of aromatic nitrogens is 6. The van der Waals surface area contributed by atoms with Crippen molar-refractivity contribution >= 4 is 21.6 Å². The normalized spacial score (nSPS) is 23.0. The molecule has 3 aromatic heterocycles. The predicted molar refractivity (Wildman–Crippen MR) is 142 cm³/mol. The molecular weight excluding hydrogens is 561 g/mol.